The van der Waals surface area contributed by atoms with Gasteiger partial charge in [-0.3, -0.25) is 10.0 Å². The molecule has 6 nitrogen and oxygen atoms in total. The Morgan fingerprint density at radius 1 is 1.21 bits per heavy atom. The highest BCUT2D eigenvalue weighted by atomic mass is 35.5. The molecule has 0 bridgehead atoms. The molecule has 1 heterocycles. The number of aliphatic carboxylic acids is 1. The summed E-state index contributed by atoms with van der Waals surface area (Å²) in [5, 5.41) is 19.5. The van der Waals surface area contributed by atoms with Crippen LogP contribution in [0.5, 0.6) is 0 Å². The Morgan fingerprint density at radius 3 is 2.67 bits per heavy atom. The normalized spacial score (nSPS) is 11.2. The van der Waals surface area contributed by atoms with Gasteiger partial charge in [0.05, 0.1) is 5.69 Å². The number of hydrogen-bond acceptors (Lipinski definition) is 5. The van der Waals surface area contributed by atoms with Gasteiger partial charge in [0.2, 0.25) is 5.89 Å². The summed E-state index contributed by atoms with van der Waals surface area (Å²) < 4.78 is 5.58. The van der Waals surface area contributed by atoms with Gasteiger partial charge >= 0.3 is 5.97 Å². The fourth-order valence-electron chi connectivity index (χ4n) is 2.13. The van der Waals surface area contributed by atoms with Crippen LogP contribution in [0.3, 0.4) is 0 Å². The summed E-state index contributed by atoms with van der Waals surface area (Å²) in [5.74, 6) is -0.663. The van der Waals surface area contributed by atoms with Crippen molar-refractivity contribution in [1.29, 1.82) is 0 Å². The zero-order valence-corrected chi connectivity index (χ0v) is 13.1. The first kappa shape index (κ1) is 16.0. The molecule has 0 fully saturated rings. The molecule has 1 aromatic heterocycles. The molecule has 0 radical (unpaired) electrons. The zero-order valence-electron chi connectivity index (χ0n) is 12.4. The van der Waals surface area contributed by atoms with E-state index in [-0.39, 0.29) is 0 Å². The van der Waals surface area contributed by atoms with Crippen LogP contribution in [-0.2, 0) is 4.79 Å². The van der Waals surface area contributed by atoms with Gasteiger partial charge in [0, 0.05) is 17.2 Å². The molecule has 7 heteroatoms. The molecular formula is C17H13ClN2O4. The molecule has 0 saturated carbocycles. The Hall–Kier alpha value is -2.83. The lowest BCUT2D eigenvalue weighted by atomic mass is 10.2. The summed E-state index contributed by atoms with van der Waals surface area (Å²) in [6.07, 6.45) is 3.52. The second-order valence-corrected chi connectivity index (χ2v) is 5.48. The molecule has 3 aromatic rings. The minimum atomic E-state index is -1.11. The lowest BCUT2D eigenvalue weighted by Gasteiger charge is -2.14. The Bertz CT molecular complexity index is 903. The Kier molecular flexibility index (Phi) is 4.50. The van der Waals surface area contributed by atoms with E-state index in [2.05, 4.69) is 4.98 Å². The number of anilines is 1. The maximum Gasteiger partial charge on any atom is 0.325 e. The van der Waals surface area contributed by atoms with Crippen LogP contribution in [0.2, 0.25) is 5.02 Å². The number of hydrogen-bond donors (Lipinski definition) is 2. The van der Waals surface area contributed by atoms with Crippen LogP contribution in [0, 0.1) is 0 Å². The van der Waals surface area contributed by atoms with E-state index in [0.717, 1.165) is 11.1 Å². The Balaban J connectivity index is 1.74. The summed E-state index contributed by atoms with van der Waals surface area (Å²) >= 11 is 5.91. The summed E-state index contributed by atoms with van der Waals surface area (Å²) in [4.78, 5) is 14.9. The summed E-state index contributed by atoms with van der Waals surface area (Å²) in [5.41, 5.74) is 2.58. The first-order chi connectivity index (χ1) is 11.5. The van der Waals surface area contributed by atoms with Crippen LogP contribution in [0.25, 0.3) is 23.3 Å². The van der Waals surface area contributed by atoms with Gasteiger partial charge in [-0.15, -0.1) is 0 Å². The van der Waals surface area contributed by atoms with E-state index in [0.29, 0.717) is 27.2 Å². The number of rotatable bonds is 5. The van der Waals surface area contributed by atoms with Crippen LogP contribution in [-0.4, -0.2) is 27.8 Å². The number of halogens is 1. The number of aromatic nitrogens is 1. The summed E-state index contributed by atoms with van der Waals surface area (Å²) in [6, 6.07) is 12.0. The molecule has 2 N–H and O–H groups in total. The molecule has 2 aromatic carbocycles. The van der Waals surface area contributed by atoms with Crippen LogP contribution >= 0.6 is 11.6 Å². The first-order valence-corrected chi connectivity index (χ1v) is 7.41. The van der Waals surface area contributed by atoms with E-state index in [9.17, 15) is 10.0 Å². The number of nitrogens with zero attached hydrogens (tertiary/aromatic N) is 2. The lowest BCUT2D eigenvalue weighted by molar-refractivity contribution is -0.136. The monoisotopic (exact) mass is 344 g/mol. The molecule has 0 spiro atoms. The molecule has 0 atom stereocenters. The minimum absolute atomic E-state index is 0.394. The smallest absolute Gasteiger partial charge is 0.325 e. The molecule has 3 rings (SSSR count). The summed E-state index contributed by atoms with van der Waals surface area (Å²) in [7, 11) is 0. The van der Waals surface area contributed by atoms with Gasteiger partial charge in [-0.05, 0) is 35.9 Å². The number of benzene rings is 2. The fourth-order valence-corrected chi connectivity index (χ4v) is 2.29. The number of carbonyl (C=O) groups is 1. The maximum absolute atomic E-state index is 10.6. The van der Waals surface area contributed by atoms with Crippen molar-refractivity contribution in [3.05, 3.63) is 58.9 Å². The minimum Gasteiger partial charge on any atom is -0.480 e. The molecule has 0 amide bonds. The SMILES string of the molecule is O=C(O)CN(O)c1ccc(C=Cc2nc3ccc(Cl)cc3o2)cc1. The molecule has 0 saturated heterocycles. The van der Waals surface area contributed by atoms with Crippen molar-refractivity contribution in [2.75, 3.05) is 11.6 Å². The predicted molar refractivity (Wildman–Crippen MR) is 91.2 cm³/mol. The van der Waals surface area contributed by atoms with E-state index in [4.69, 9.17) is 21.1 Å². The Morgan fingerprint density at radius 2 is 1.96 bits per heavy atom. The van der Waals surface area contributed by atoms with E-state index in [1.807, 2.05) is 0 Å². The van der Waals surface area contributed by atoms with Crippen LogP contribution in [0.4, 0.5) is 5.69 Å². The number of hydroxylamine groups is 1. The highest BCUT2D eigenvalue weighted by Crippen LogP contribution is 2.21. The second kappa shape index (κ2) is 6.74. The van der Waals surface area contributed by atoms with E-state index in [1.54, 1.807) is 54.6 Å². The van der Waals surface area contributed by atoms with Crippen molar-refractivity contribution in [1.82, 2.24) is 4.98 Å². The molecule has 0 aliphatic heterocycles. The van der Waals surface area contributed by atoms with Crippen LogP contribution in [0.15, 0.2) is 46.9 Å². The average Bonchev–Trinajstić information content (AvgIpc) is 2.94. The van der Waals surface area contributed by atoms with E-state index in [1.165, 1.54) is 0 Å². The fraction of sp³-hybridized carbons (Fsp3) is 0.0588. The number of oxazole rings is 1. The van der Waals surface area contributed by atoms with Gasteiger partial charge < -0.3 is 9.52 Å². The van der Waals surface area contributed by atoms with Crippen molar-refractivity contribution in [3.8, 4) is 0 Å². The first-order valence-electron chi connectivity index (χ1n) is 7.04. The molecular weight excluding hydrogens is 332 g/mol. The van der Waals surface area contributed by atoms with E-state index < -0.39 is 12.5 Å². The van der Waals surface area contributed by atoms with Gasteiger partial charge in [0.15, 0.2) is 5.58 Å². The summed E-state index contributed by atoms with van der Waals surface area (Å²) in [6.45, 7) is -0.485. The number of carboxylic acid groups (broad SMARTS) is 1. The van der Waals surface area contributed by atoms with Crippen molar-refractivity contribution < 1.29 is 19.5 Å². The highest BCUT2D eigenvalue weighted by molar-refractivity contribution is 6.31. The highest BCUT2D eigenvalue weighted by Gasteiger charge is 2.07. The molecule has 0 aliphatic carbocycles. The van der Waals surface area contributed by atoms with Crippen molar-refractivity contribution in [3.63, 3.8) is 0 Å². The van der Waals surface area contributed by atoms with E-state index >= 15 is 0 Å². The number of carboxylic acids is 1. The molecule has 0 aliphatic rings. The van der Waals surface area contributed by atoms with Crippen LogP contribution < -0.4 is 5.06 Å². The van der Waals surface area contributed by atoms with Crippen molar-refractivity contribution >= 4 is 46.5 Å². The standard InChI is InChI=1S/C17H13ClN2O4/c18-12-4-7-14-15(9-12)24-16(19-14)8-3-11-1-5-13(6-2-11)20(23)10-17(21)22/h1-9,23H,10H2,(H,21,22). The topological polar surface area (TPSA) is 86.8 Å². The molecule has 24 heavy (non-hydrogen) atoms. The van der Waals surface area contributed by atoms with Gasteiger partial charge in [-0.1, -0.05) is 23.7 Å². The number of fused-ring (bicyclic) bond motifs is 1. The predicted octanol–water partition coefficient (Wildman–Crippen LogP) is 3.93. The second-order valence-electron chi connectivity index (χ2n) is 5.04. The Labute approximate surface area is 142 Å². The third kappa shape index (κ3) is 3.73. The third-order valence-corrected chi connectivity index (χ3v) is 3.50. The van der Waals surface area contributed by atoms with Gasteiger partial charge in [0.1, 0.15) is 12.1 Å². The largest absolute Gasteiger partial charge is 0.480 e. The van der Waals surface area contributed by atoms with Crippen LogP contribution in [0.1, 0.15) is 11.5 Å². The zero-order chi connectivity index (χ0) is 17.1. The maximum atomic E-state index is 10.6. The van der Waals surface area contributed by atoms with Gasteiger partial charge in [-0.2, -0.15) is 0 Å². The van der Waals surface area contributed by atoms with Gasteiger partial charge in [-0.25, -0.2) is 10.0 Å². The van der Waals surface area contributed by atoms with Crippen molar-refractivity contribution in [2.45, 2.75) is 0 Å². The van der Waals surface area contributed by atoms with Crippen molar-refractivity contribution in [2.24, 2.45) is 0 Å². The lowest BCUT2D eigenvalue weighted by Crippen LogP contribution is -2.25. The quantitative estimate of drug-likeness (QED) is 0.682. The van der Waals surface area contributed by atoms with Gasteiger partial charge in [0.25, 0.3) is 0 Å². The molecule has 0 unspecified atom stereocenters. The molecule has 122 valence electrons. The third-order valence-electron chi connectivity index (χ3n) is 3.26. The average molecular weight is 345 g/mol.